The quantitative estimate of drug-likeness (QED) is 0.707. The van der Waals surface area contributed by atoms with Crippen molar-refractivity contribution >= 4 is 11.9 Å². The van der Waals surface area contributed by atoms with Gasteiger partial charge < -0.3 is 10.4 Å². The summed E-state index contributed by atoms with van der Waals surface area (Å²) in [7, 11) is 0. The van der Waals surface area contributed by atoms with Gasteiger partial charge >= 0.3 is 5.97 Å². The van der Waals surface area contributed by atoms with Crippen molar-refractivity contribution in [3.05, 3.63) is 0 Å². The summed E-state index contributed by atoms with van der Waals surface area (Å²) in [6.45, 7) is 3.53. The first-order valence-electron chi connectivity index (χ1n) is 5.19. The maximum Gasteiger partial charge on any atom is 0.326 e. The average molecular weight is 237 g/mol. The zero-order chi connectivity index (χ0) is 12.7. The lowest BCUT2D eigenvalue weighted by atomic mass is 10.0. The van der Waals surface area contributed by atoms with E-state index in [1.54, 1.807) is 6.92 Å². The standard InChI is InChI=1S/C10H17F2NO3/c1-3-4-6(2)9(14)13-7(10(15)16)5-8(11)12/h6-8H,3-5H2,1-2H3,(H,13,14)(H,15,16). The number of carboxylic acids is 1. The minimum atomic E-state index is -2.75. The van der Waals surface area contributed by atoms with Crippen molar-refractivity contribution in [2.45, 2.75) is 45.6 Å². The molecule has 0 aliphatic rings. The van der Waals surface area contributed by atoms with Crippen LogP contribution in [0, 0.1) is 5.92 Å². The van der Waals surface area contributed by atoms with Gasteiger partial charge in [0.15, 0.2) is 0 Å². The fourth-order valence-corrected chi connectivity index (χ4v) is 1.28. The lowest BCUT2D eigenvalue weighted by Gasteiger charge is -2.17. The highest BCUT2D eigenvalue weighted by Crippen LogP contribution is 2.08. The Balaban J connectivity index is 4.28. The van der Waals surface area contributed by atoms with E-state index >= 15 is 0 Å². The van der Waals surface area contributed by atoms with Crippen LogP contribution in [0.1, 0.15) is 33.1 Å². The van der Waals surface area contributed by atoms with Gasteiger partial charge in [0.2, 0.25) is 12.3 Å². The van der Waals surface area contributed by atoms with Gasteiger partial charge in [-0.2, -0.15) is 0 Å². The number of carbonyl (C=O) groups is 2. The van der Waals surface area contributed by atoms with Crippen LogP contribution in [-0.4, -0.2) is 29.5 Å². The van der Waals surface area contributed by atoms with Crippen LogP contribution >= 0.6 is 0 Å². The third kappa shape index (κ3) is 5.63. The zero-order valence-corrected chi connectivity index (χ0v) is 9.37. The van der Waals surface area contributed by atoms with Gasteiger partial charge in [0.1, 0.15) is 6.04 Å². The molecular formula is C10H17F2NO3. The van der Waals surface area contributed by atoms with E-state index in [9.17, 15) is 18.4 Å². The van der Waals surface area contributed by atoms with E-state index < -0.39 is 30.8 Å². The number of halogens is 2. The molecule has 0 heterocycles. The molecule has 0 fully saturated rings. The van der Waals surface area contributed by atoms with Crippen molar-refractivity contribution in [2.24, 2.45) is 5.92 Å². The van der Waals surface area contributed by atoms with Crippen LogP contribution in [0.15, 0.2) is 0 Å². The normalized spacial score (nSPS) is 14.6. The Bertz CT molecular complexity index is 246. The third-order valence-corrected chi connectivity index (χ3v) is 2.20. The molecule has 0 aromatic carbocycles. The molecular weight excluding hydrogens is 220 g/mol. The van der Waals surface area contributed by atoms with Gasteiger partial charge in [-0.05, 0) is 6.42 Å². The molecule has 4 nitrogen and oxygen atoms in total. The Labute approximate surface area is 93.0 Å². The molecule has 0 bridgehead atoms. The van der Waals surface area contributed by atoms with Crippen molar-refractivity contribution in [2.75, 3.05) is 0 Å². The molecule has 1 amide bonds. The van der Waals surface area contributed by atoms with Gasteiger partial charge in [0.25, 0.3) is 0 Å². The highest BCUT2D eigenvalue weighted by Gasteiger charge is 2.25. The summed E-state index contributed by atoms with van der Waals surface area (Å²) in [5.74, 6) is -2.28. The van der Waals surface area contributed by atoms with Crippen molar-refractivity contribution in [3.8, 4) is 0 Å². The summed E-state index contributed by atoms with van der Waals surface area (Å²) in [4.78, 5) is 22.0. The second kappa shape index (κ2) is 7.14. The molecule has 2 N–H and O–H groups in total. The minimum Gasteiger partial charge on any atom is -0.480 e. The van der Waals surface area contributed by atoms with Crippen molar-refractivity contribution in [3.63, 3.8) is 0 Å². The number of carbonyl (C=O) groups excluding carboxylic acids is 1. The smallest absolute Gasteiger partial charge is 0.326 e. The Morgan fingerprint density at radius 1 is 1.38 bits per heavy atom. The third-order valence-electron chi connectivity index (χ3n) is 2.20. The molecule has 0 radical (unpaired) electrons. The van der Waals surface area contributed by atoms with E-state index in [1.807, 2.05) is 6.92 Å². The van der Waals surface area contributed by atoms with Crippen LogP contribution < -0.4 is 5.32 Å². The molecule has 0 aliphatic heterocycles. The molecule has 2 unspecified atom stereocenters. The number of amides is 1. The Morgan fingerprint density at radius 3 is 2.31 bits per heavy atom. The van der Waals surface area contributed by atoms with E-state index in [2.05, 4.69) is 5.32 Å². The number of nitrogens with one attached hydrogen (secondary N) is 1. The molecule has 0 rings (SSSR count). The van der Waals surface area contributed by atoms with Crippen LogP contribution in [0.4, 0.5) is 8.78 Å². The minimum absolute atomic E-state index is 0.357. The fourth-order valence-electron chi connectivity index (χ4n) is 1.28. The summed E-state index contributed by atoms with van der Waals surface area (Å²) in [6.07, 6.45) is -2.23. The maximum atomic E-state index is 12.0. The highest BCUT2D eigenvalue weighted by atomic mass is 19.3. The van der Waals surface area contributed by atoms with Gasteiger partial charge in [-0.15, -0.1) is 0 Å². The molecule has 0 saturated heterocycles. The summed E-state index contributed by atoms with van der Waals surface area (Å²) in [6, 6.07) is -1.51. The van der Waals surface area contributed by atoms with E-state index in [1.165, 1.54) is 0 Å². The zero-order valence-electron chi connectivity index (χ0n) is 9.37. The topological polar surface area (TPSA) is 66.4 Å². The Hall–Kier alpha value is -1.20. The number of hydrogen-bond acceptors (Lipinski definition) is 2. The Kier molecular flexibility index (Phi) is 6.60. The molecule has 16 heavy (non-hydrogen) atoms. The molecule has 0 aromatic rings. The first-order chi connectivity index (χ1) is 7.38. The molecule has 6 heteroatoms. The van der Waals surface area contributed by atoms with Gasteiger partial charge in [-0.1, -0.05) is 20.3 Å². The first-order valence-corrected chi connectivity index (χ1v) is 5.19. The lowest BCUT2D eigenvalue weighted by Crippen LogP contribution is -2.44. The van der Waals surface area contributed by atoms with Gasteiger partial charge in [0.05, 0.1) is 0 Å². The second-order valence-corrected chi connectivity index (χ2v) is 3.72. The molecule has 94 valence electrons. The van der Waals surface area contributed by atoms with E-state index in [4.69, 9.17) is 5.11 Å². The van der Waals surface area contributed by atoms with Crippen molar-refractivity contribution in [1.29, 1.82) is 0 Å². The van der Waals surface area contributed by atoms with Crippen LogP contribution in [0.25, 0.3) is 0 Å². The average Bonchev–Trinajstić information content (AvgIpc) is 2.16. The molecule has 0 saturated carbocycles. The number of rotatable bonds is 7. The molecule has 0 aromatic heterocycles. The van der Waals surface area contributed by atoms with Crippen LogP contribution in [-0.2, 0) is 9.59 Å². The summed E-state index contributed by atoms with van der Waals surface area (Å²) < 4.78 is 24.1. The molecule has 0 aliphatic carbocycles. The summed E-state index contributed by atoms with van der Waals surface area (Å²) in [5, 5.41) is 10.7. The molecule has 0 spiro atoms. The van der Waals surface area contributed by atoms with Gasteiger partial charge in [-0.25, -0.2) is 13.6 Å². The number of hydrogen-bond donors (Lipinski definition) is 2. The van der Waals surface area contributed by atoms with Crippen molar-refractivity contribution < 1.29 is 23.5 Å². The monoisotopic (exact) mass is 237 g/mol. The van der Waals surface area contributed by atoms with Crippen LogP contribution in [0.5, 0.6) is 0 Å². The van der Waals surface area contributed by atoms with Gasteiger partial charge in [-0.3, -0.25) is 4.79 Å². The predicted molar refractivity (Wildman–Crippen MR) is 54.3 cm³/mol. The number of aliphatic carboxylic acids is 1. The summed E-state index contributed by atoms with van der Waals surface area (Å²) >= 11 is 0. The number of carboxylic acid groups (broad SMARTS) is 1. The highest BCUT2D eigenvalue weighted by molar-refractivity contribution is 5.84. The van der Waals surface area contributed by atoms with Crippen molar-refractivity contribution in [1.82, 2.24) is 5.32 Å². The number of alkyl halides is 2. The molecule has 2 atom stereocenters. The Morgan fingerprint density at radius 2 is 1.94 bits per heavy atom. The predicted octanol–water partition coefficient (Wildman–Crippen LogP) is 1.65. The van der Waals surface area contributed by atoms with E-state index in [0.717, 1.165) is 6.42 Å². The second-order valence-electron chi connectivity index (χ2n) is 3.72. The largest absolute Gasteiger partial charge is 0.480 e. The van der Waals surface area contributed by atoms with Crippen LogP contribution in [0.3, 0.4) is 0 Å². The SMILES string of the molecule is CCCC(C)C(=O)NC(CC(F)F)C(=O)O. The van der Waals surface area contributed by atoms with E-state index in [0.29, 0.717) is 6.42 Å². The first kappa shape index (κ1) is 14.8. The van der Waals surface area contributed by atoms with Gasteiger partial charge in [0, 0.05) is 12.3 Å². The van der Waals surface area contributed by atoms with Crippen LogP contribution in [0.2, 0.25) is 0 Å². The maximum absolute atomic E-state index is 12.0. The summed E-state index contributed by atoms with van der Waals surface area (Å²) in [5.41, 5.74) is 0. The lowest BCUT2D eigenvalue weighted by molar-refractivity contribution is -0.143. The van der Waals surface area contributed by atoms with E-state index in [-0.39, 0.29) is 5.92 Å². The fraction of sp³-hybridized carbons (Fsp3) is 0.800.